The Bertz CT molecular complexity index is 622. The van der Waals surface area contributed by atoms with Gasteiger partial charge in [0.15, 0.2) is 0 Å². The van der Waals surface area contributed by atoms with Crippen molar-refractivity contribution < 1.29 is 5.11 Å². The average Bonchev–Trinajstić information content (AvgIpc) is 2.46. The normalized spacial score (nSPS) is 22.9. The fourth-order valence-corrected chi connectivity index (χ4v) is 2.64. The lowest BCUT2D eigenvalue weighted by Crippen LogP contribution is -2.28. The summed E-state index contributed by atoms with van der Waals surface area (Å²) >= 11 is 0. The fraction of sp³-hybridized carbons (Fsp3) is 0.500. The van der Waals surface area contributed by atoms with Gasteiger partial charge in [-0.1, -0.05) is 0 Å². The average molecular weight is 273 g/mol. The van der Waals surface area contributed by atoms with Crippen LogP contribution < -0.4 is 11.1 Å². The van der Waals surface area contributed by atoms with E-state index in [0.29, 0.717) is 17.8 Å². The molecule has 1 aliphatic rings. The molecule has 0 aromatic carbocycles. The molecule has 1 aliphatic carbocycles. The molecule has 0 radical (unpaired) electrons. The topological polar surface area (TPSA) is 97.0 Å². The molecule has 106 valence electrons. The molecule has 0 atom stereocenters. The van der Waals surface area contributed by atoms with E-state index in [1.807, 2.05) is 6.92 Å². The molecule has 3 rings (SSSR count). The third kappa shape index (κ3) is 2.51. The maximum absolute atomic E-state index is 9.52. The Kier molecular flexibility index (Phi) is 3.40. The molecule has 0 amide bonds. The molecule has 20 heavy (non-hydrogen) atoms. The van der Waals surface area contributed by atoms with Crippen molar-refractivity contribution in [1.29, 1.82) is 0 Å². The molecule has 0 unspecified atom stereocenters. The lowest BCUT2D eigenvalue weighted by Gasteiger charge is -2.26. The Balaban J connectivity index is 1.84. The Morgan fingerprint density at radius 3 is 2.70 bits per heavy atom. The minimum absolute atomic E-state index is 0.154. The van der Waals surface area contributed by atoms with Crippen LogP contribution in [0.3, 0.4) is 0 Å². The number of pyridine rings is 1. The number of hydrogen-bond donors (Lipinski definition) is 3. The van der Waals surface area contributed by atoms with Gasteiger partial charge in [0, 0.05) is 18.4 Å². The van der Waals surface area contributed by atoms with Crippen molar-refractivity contribution in [3.8, 4) is 0 Å². The number of aryl methyl sites for hydroxylation is 1. The smallest absolute Gasteiger partial charge is 0.223 e. The molecule has 0 spiro atoms. The van der Waals surface area contributed by atoms with E-state index in [4.69, 9.17) is 5.73 Å². The van der Waals surface area contributed by atoms with Gasteiger partial charge in [-0.3, -0.25) is 0 Å². The van der Waals surface area contributed by atoms with Crippen LogP contribution in [0.15, 0.2) is 12.4 Å². The van der Waals surface area contributed by atoms with Crippen molar-refractivity contribution in [1.82, 2.24) is 15.0 Å². The molecule has 2 aromatic rings. The largest absolute Gasteiger partial charge is 0.393 e. The highest BCUT2D eigenvalue weighted by atomic mass is 16.3. The summed E-state index contributed by atoms with van der Waals surface area (Å²) in [6.45, 7) is 1.96. The van der Waals surface area contributed by atoms with E-state index in [-0.39, 0.29) is 6.10 Å². The van der Waals surface area contributed by atoms with Crippen LogP contribution in [0.4, 0.5) is 11.8 Å². The van der Waals surface area contributed by atoms with E-state index in [2.05, 4.69) is 20.3 Å². The molecular weight excluding hydrogens is 254 g/mol. The van der Waals surface area contributed by atoms with Gasteiger partial charge in [-0.25, -0.2) is 15.0 Å². The van der Waals surface area contributed by atoms with E-state index in [0.717, 1.165) is 42.1 Å². The summed E-state index contributed by atoms with van der Waals surface area (Å²) in [4.78, 5) is 13.0. The summed E-state index contributed by atoms with van der Waals surface area (Å²) in [5.74, 6) is 1.07. The molecule has 1 fully saturated rings. The number of hydrogen-bond acceptors (Lipinski definition) is 6. The number of anilines is 2. The van der Waals surface area contributed by atoms with Gasteiger partial charge < -0.3 is 16.2 Å². The highest BCUT2D eigenvalue weighted by molar-refractivity contribution is 5.89. The summed E-state index contributed by atoms with van der Waals surface area (Å²) in [5, 5.41) is 13.7. The quantitative estimate of drug-likeness (QED) is 0.769. The minimum atomic E-state index is -0.154. The highest BCUT2D eigenvalue weighted by Crippen LogP contribution is 2.23. The Hall–Kier alpha value is -1.95. The Labute approximate surface area is 117 Å². The number of aliphatic hydroxyl groups excluding tert-OH is 1. The standard InChI is InChI=1S/C14H19N5O/c1-8-6-16-13(15)11-7-17-14(19-12(8)11)18-9-2-4-10(20)5-3-9/h6-7,9-10,20H,2-5H2,1H3,(H2,15,16)(H,17,18,19). The summed E-state index contributed by atoms with van der Waals surface area (Å²) in [6, 6.07) is 0.329. The van der Waals surface area contributed by atoms with Gasteiger partial charge in [-0.05, 0) is 38.2 Å². The molecule has 0 bridgehead atoms. The van der Waals surface area contributed by atoms with Crippen molar-refractivity contribution in [3.63, 3.8) is 0 Å². The zero-order valence-electron chi connectivity index (χ0n) is 11.5. The molecule has 6 heteroatoms. The zero-order valence-corrected chi connectivity index (χ0v) is 11.5. The second kappa shape index (κ2) is 5.20. The number of nitrogens with two attached hydrogens (primary N) is 1. The van der Waals surface area contributed by atoms with Crippen molar-refractivity contribution in [2.24, 2.45) is 0 Å². The maximum atomic E-state index is 9.52. The van der Waals surface area contributed by atoms with E-state index in [1.54, 1.807) is 12.4 Å². The summed E-state index contributed by atoms with van der Waals surface area (Å²) < 4.78 is 0. The first-order valence-corrected chi connectivity index (χ1v) is 6.96. The van der Waals surface area contributed by atoms with Crippen molar-refractivity contribution in [3.05, 3.63) is 18.0 Å². The lowest BCUT2D eigenvalue weighted by atomic mass is 9.93. The van der Waals surface area contributed by atoms with E-state index < -0.39 is 0 Å². The molecule has 0 aliphatic heterocycles. The fourth-order valence-electron chi connectivity index (χ4n) is 2.64. The molecule has 1 saturated carbocycles. The number of nitrogen functional groups attached to an aromatic ring is 1. The van der Waals surface area contributed by atoms with E-state index >= 15 is 0 Å². The molecule has 6 nitrogen and oxygen atoms in total. The van der Waals surface area contributed by atoms with Crippen LogP contribution in [-0.2, 0) is 0 Å². The Morgan fingerprint density at radius 1 is 1.20 bits per heavy atom. The number of aromatic nitrogens is 3. The van der Waals surface area contributed by atoms with Crippen molar-refractivity contribution >= 4 is 22.7 Å². The van der Waals surface area contributed by atoms with E-state index in [9.17, 15) is 5.11 Å². The number of nitrogens with zero attached hydrogens (tertiary/aromatic N) is 3. The van der Waals surface area contributed by atoms with Gasteiger partial charge in [0.1, 0.15) is 5.82 Å². The van der Waals surface area contributed by atoms with Crippen molar-refractivity contribution in [2.75, 3.05) is 11.1 Å². The monoisotopic (exact) mass is 273 g/mol. The summed E-state index contributed by atoms with van der Waals surface area (Å²) in [6.07, 6.45) is 6.85. The third-order valence-corrected chi connectivity index (χ3v) is 3.87. The van der Waals surface area contributed by atoms with Gasteiger partial charge in [0.05, 0.1) is 17.0 Å². The molecule has 2 aromatic heterocycles. The molecule has 4 N–H and O–H groups in total. The molecule has 2 heterocycles. The van der Waals surface area contributed by atoms with Gasteiger partial charge >= 0.3 is 0 Å². The van der Waals surface area contributed by atoms with Gasteiger partial charge in [-0.15, -0.1) is 0 Å². The zero-order chi connectivity index (χ0) is 14.1. The SMILES string of the molecule is Cc1cnc(N)c2cnc(NC3CCC(O)CC3)nc12. The maximum Gasteiger partial charge on any atom is 0.223 e. The van der Waals surface area contributed by atoms with Crippen LogP contribution in [-0.4, -0.2) is 32.2 Å². The van der Waals surface area contributed by atoms with Crippen LogP contribution >= 0.6 is 0 Å². The first-order valence-electron chi connectivity index (χ1n) is 6.96. The van der Waals surface area contributed by atoms with Crippen molar-refractivity contribution in [2.45, 2.75) is 44.8 Å². The number of fused-ring (bicyclic) bond motifs is 1. The van der Waals surface area contributed by atoms with Crippen LogP contribution in [0.5, 0.6) is 0 Å². The van der Waals surface area contributed by atoms with Gasteiger partial charge in [0.2, 0.25) is 5.95 Å². The van der Waals surface area contributed by atoms with Gasteiger partial charge in [0.25, 0.3) is 0 Å². The first kappa shape index (κ1) is 13.1. The number of aliphatic hydroxyl groups is 1. The first-order chi connectivity index (χ1) is 9.63. The highest BCUT2D eigenvalue weighted by Gasteiger charge is 2.20. The third-order valence-electron chi connectivity index (χ3n) is 3.87. The van der Waals surface area contributed by atoms with Crippen LogP contribution in [0.1, 0.15) is 31.2 Å². The van der Waals surface area contributed by atoms with E-state index in [1.165, 1.54) is 0 Å². The lowest BCUT2D eigenvalue weighted by molar-refractivity contribution is 0.126. The molecular formula is C14H19N5O. The minimum Gasteiger partial charge on any atom is -0.393 e. The van der Waals surface area contributed by atoms with Crippen LogP contribution in [0.2, 0.25) is 0 Å². The summed E-state index contributed by atoms with van der Waals surface area (Å²) in [5.41, 5.74) is 7.66. The second-order valence-corrected chi connectivity index (χ2v) is 5.43. The second-order valence-electron chi connectivity index (χ2n) is 5.43. The Morgan fingerprint density at radius 2 is 1.95 bits per heavy atom. The number of rotatable bonds is 2. The van der Waals surface area contributed by atoms with Crippen LogP contribution in [0.25, 0.3) is 10.9 Å². The molecule has 0 saturated heterocycles. The van der Waals surface area contributed by atoms with Gasteiger partial charge in [-0.2, -0.15) is 0 Å². The summed E-state index contributed by atoms with van der Waals surface area (Å²) in [7, 11) is 0. The number of nitrogens with one attached hydrogen (secondary N) is 1. The predicted molar refractivity (Wildman–Crippen MR) is 78.4 cm³/mol. The van der Waals surface area contributed by atoms with Crippen LogP contribution in [0, 0.1) is 6.92 Å². The predicted octanol–water partition coefficient (Wildman–Crippen LogP) is 1.63.